The van der Waals surface area contributed by atoms with Gasteiger partial charge in [0.25, 0.3) is 0 Å². The van der Waals surface area contributed by atoms with Gasteiger partial charge >= 0.3 is 0 Å². The Morgan fingerprint density at radius 1 is 0.217 bits per heavy atom. The highest BCUT2D eigenvalue weighted by atomic mass is 14.3. The van der Waals surface area contributed by atoms with Crippen LogP contribution in [0.5, 0.6) is 0 Å². The third-order valence-corrected chi connectivity index (χ3v) is 13.5. The number of fused-ring (bicyclic) bond motifs is 12. The average Bonchev–Trinajstić information content (AvgIpc) is 3.89. The Morgan fingerprint density at radius 3 is 0.950 bits per heavy atom. The molecule has 0 fully saturated rings. The summed E-state index contributed by atoms with van der Waals surface area (Å²) in [5, 5.41) is 10.4. The van der Waals surface area contributed by atoms with E-state index in [1.54, 1.807) is 0 Å². The second-order valence-electron chi connectivity index (χ2n) is 16.7. The van der Waals surface area contributed by atoms with Gasteiger partial charge in [-0.25, -0.2) is 0 Å². The van der Waals surface area contributed by atoms with E-state index in [9.17, 15) is 0 Å². The third-order valence-electron chi connectivity index (χ3n) is 13.5. The molecule has 0 aromatic heterocycles. The highest BCUT2D eigenvalue weighted by molar-refractivity contribution is 6.21. The van der Waals surface area contributed by atoms with E-state index in [0.717, 1.165) is 12.8 Å². The van der Waals surface area contributed by atoms with E-state index in [1.807, 2.05) is 0 Å². The Labute approximate surface area is 349 Å². The molecule has 0 heterocycles. The molecule has 0 amide bonds. The molecule has 0 spiro atoms. The maximum Gasteiger partial charge on any atom is -0.00130 e. The summed E-state index contributed by atoms with van der Waals surface area (Å²) in [7, 11) is 0. The molecule has 0 aliphatic heterocycles. The van der Waals surface area contributed by atoms with E-state index in [0.29, 0.717) is 0 Å². The zero-order valence-electron chi connectivity index (χ0n) is 33.0. The number of benzene rings is 11. The molecule has 278 valence electrons. The lowest BCUT2D eigenvalue weighted by atomic mass is 9.85. The smallest absolute Gasteiger partial charge is 0.00130 e. The molecule has 0 atom stereocenters. The van der Waals surface area contributed by atoms with E-state index >= 15 is 0 Å². The molecular formula is C60H38. The van der Waals surface area contributed by atoms with Gasteiger partial charge in [0.1, 0.15) is 0 Å². The van der Waals surface area contributed by atoms with Crippen LogP contribution in [-0.2, 0) is 12.8 Å². The van der Waals surface area contributed by atoms with Crippen molar-refractivity contribution in [3.05, 3.63) is 229 Å². The van der Waals surface area contributed by atoms with Gasteiger partial charge in [0.2, 0.25) is 0 Å². The third kappa shape index (κ3) is 5.04. The minimum atomic E-state index is 0.982. The molecule has 0 heteroatoms. The van der Waals surface area contributed by atoms with Crippen molar-refractivity contribution >= 4 is 43.1 Å². The fourth-order valence-corrected chi connectivity index (χ4v) is 10.7. The van der Waals surface area contributed by atoms with E-state index < -0.39 is 0 Å². The van der Waals surface area contributed by atoms with Gasteiger partial charge in [-0.3, -0.25) is 0 Å². The zero-order chi connectivity index (χ0) is 39.3. The molecular weight excluding hydrogens is 721 g/mol. The van der Waals surface area contributed by atoms with Crippen LogP contribution >= 0.6 is 0 Å². The molecule has 2 aliphatic carbocycles. The van der Waals surface area contributed by atoms with Crippen LogP contribution in [0.3, 0.4) is 0 Å². The van der Waals surface area contributed by atoms with Gasteiger partial charge in [0.05, 0.1) is 0 Å². The lowest BCUT2D eigenvalue weighted by molar-refractivity contribution is 1.27. The van der Waals surface area contributed by atoms with E-state index in [-0.39, 0.29) is 0 Å². The van der Waals surface area contributed by atoms with Crippen molar-refractivity contribution in [3.8, 4) is 66.8 Å². The van der Waals surface area contributed by atoms with Crippen LogP contribution in [0.2, 0.25) is 0 Å². The Balaban J connectivity index is 0.855. The molecule has 0 unspecified atom stereocenters. The molecule has 0 N–H and O–H groups in total. The van der Waals surface area contributed by atoms with Crippen molar-refractivity contribution in [1.82, 2.24) is 0 Å². The first-order chi connectivity index (χ1) is 29.7. The van der Waals surface area contributed by atoms with Gasteiger partial charge in [-0.15, -0.1) is 0 Å². The Morgan fingerprint density at radius 2 is 0.550 bits per heavy atom. The van der Waals surface area contributed by atoms with Crippen molar-refractivity contribution in [2.24, 2.45) is 0 Å². The predicted molar refractivity (Wildman–Crippen MR) is 255 cm³/mol. The SMILES string of the molecule is c1ccc2c3c(ccc2c1)Cc1cc(-c2ccc(-c4c5ccccc5c(-c5ccc(-c6ccc7c(c6)Cc6ccc8ccccc8c6-7)cc5)c5ccccc45)cc2)ccc1-3. The van der Waals surface area contributed by atoms with Crippen LogP contribution in [0.1, 0.15) is 22.3 Å². The van der Waals surface area contributed by atoms with Gasteiger partial charge in [-0.1, -0.05) is 206 Å². The Bertz CT molecular complexity index is 3270. The number of hydrogen-bond acceptors (Lipinski definition) is 0. The quantitative estimate of drug-likeness (QED) is 0.157. The van der Waals surface area contributed by atoms with Crippen LogP contribution in [0, 0.1) is 0 Å². The second-order valence-corrected chi connectivity index (χ2v) is 16.7. The first kappa shape index (κ1) is 33.4. The van der Waals surface area contributed by atoms with Crippen LogP contribution in [0.15, 0.2) is 206 Å². The second kappa shape index (κ2) is 13.0. The summed E-state index contributed by atoms with van der Waals surface area (Å²) < 4.78 is 0. The monoisotopic (exact) mass is 758 g/mol. The van der Waals surface area contributed by atoms with Crippen molar-refractivity contribution < 1.29 is 0 Å². The molecule has 0 saturated carbocycles. The standard InChI is InChI=1S/C60H38/c1-3-11-49-39(9-1)21-27-45-35-47-33-43(29-31-51(47)59(45)49)37-17-23-41(24-18-37)57-53-13-5-7-15-55(53)58(56-16-8-6-14-54(56)57)42-25-19-38(20-26-42)44-30-32-52-48(34-44)36-46-28-22-40-10-2-4-12-50(40)60(46)52/h1-34H,35-36H2. The summed E-state index contributed by atoms with van der Waals surface area (Å²) in [6.07, 6.45) is 1.96. The van der Waals surface area contributed by atoms with Crippen molar-refractivity contribution in [1.29, 1.82) is 0 Å². The highest BCUT2D eigenvalue weighted by Gasteiger charge is 2.23. The molecule has 11 aromatic carbocycles. The molecule has 0 bridgehead atoms. The summed E-state index contributed by atoms with van der Waals surface area (Å²) in [5.41, 5.74) is 21.3. The predicted octanol–water partition coefficient (Wildman–Crippen LogP) is 16.1. The van der Waals surface area contributed by atoms with Crippen LogP contribution in [-0.4, -0.2) is 0 Å². The van der Waals surface area contributed by atoms with Crippen molar-refractivity contribution in [3.63, 3.8) is 0 Å². The molecule has 0 radical (unpaired) electrons. The van der Waals surface area contributed by atoms with Crippen LogP contribution in [0.4, 0.5) is 0 Å². The van der Waals surface area contributed by atoms with Gasteiger partial charge in [-0.05, 0) is 145 Å². The lowest BCUT2D eigenvalue weighted by Crippen LogP contribution is -1.91. The normalized spacial score (nSPS) is 12.5. The summed E-state index contributed by atoms with van der Waals surface area (Å²) >= 11 is 0. The summed E-state index contributed by atoms with van der Waals surface area (Å²) in [6.45, 7) is 0. The number of rotatable bonds is 4. The minimum Gasteiger partial charge on any atom is -0.0616 e. The molecule has 0 nitrogen and oxygen atoms in total. The largest absolute Gasteiger partial charge is 0.0616 e. The fourth-order valence-electron chi connectivity index (χ4n) is 10.7. The molecule has 13 rings (SSSR count). The summed E-state index contributed by atoms with van der Waals surface area (Å²) in [6, 6.07) is 77.3. The summed E-state index contributed by atoms with van der Waals surface area (Å²) in [5.74, 6) is 0. The van der Waals surface area contributed by atoms with E-state index in [4.69, 9.17) is 0 Å². The fraction of sp³-hybridized carbons (Fsp3) is 0.0333. The summed E-state index contributed by atoms with van der Waals surface area (Å²) in [4.78, 5) is 0. The van der Waals surface area contributed by atoms with E-state index in [1.165, 1.54) is 132 Å². The topological polar surface area (TPSA) is 0 Å². The van der Waals surface area contributed by atoms with Crippen LogP contribution in [0.25, 0.3) is 110 Å². The highest BCUT2D eigenvalue weighted by Crippen LogP contribution is 2.47. The van der Waals surface area contributed by atoms with E-state index in [2.05, 4.69) is 206 Å². The molecule has 60 heavy (non-hydrogen) atoms. The maximum absolute atomic E-state index is 2.41. The van der Waals surface area contributed by atoms with Gasteiger partial charge < -0.3 is 0 Å². The first-order valence-corrected chi connectivity index (χ1v) is 21.2. The maximum atomic E-state index is 2.41. The zero-order valence-corrected chi connectivity index (χ0v) is 33.0. The van der Waals surface area contributed by atoms with Gasteiger partial charge in [0.15, 0.2) is 0 Å². The Kier molecular flexibility index (Phi) is 7.23. The average molecular weight is 759 g/mol. The molecule has 2 aliphatic rings. The Hall–Kier alpha value is -7.54. The number of hydrogen-bond donors (Lipinski definition) is 0. The van der Waals surface area contributed by atoms with Crippen molar-refractivity contribution in [2.75, 3.05) is 0 Å². The first-order valence-electron chi connectivity index (χ1n) is 21.2. The molecule has 0 saturated heterocycles. The van der Waals surface area contributed by atoms with Gasteiger partial charge in [0, 0.05) is 0 Å². The molecule has 11 aromatic rings. The van der Waals surface area contributed by atoms with Gasteiger partial charge in [-0.2, -0.15) is 0 Å². The van der Waals surface area contributed by atoms with Crippen LogP contribution < -0.4 is 0 Å². The minimum absolute atomic E-state index is 0.982. The lowest BCUT2D eigenvalue weighted by Gasteiger charge is -2.18. The van der Waals surface area contributed by atoms with Crippen molar-refractivity contribution in [2.45, 2.75) is 12.8 Å².